The van der Waals surface area contributed by atoms with Crippen molar-refractivity contribution in [3.63, 3.8) is 0 Å². The Labute approximate surface area is 163 Å². The van der Waals surface area contributed by atoms with Crippen LogP contribution >= 0.6 is 0 Å². The lowest BCUT2D eigenvalue weighted by atomic mass is 9.91. The lowest BCUT2D eigenvalue weighted by Gasteiger charge is -2.29. The Morgan fingerprint density at radius 1 is 1.00 bits per heavy atom. The molecule has 1 heterocycles. The van der Waals surface area contributed by atoms with Crippen LogP contribution in [0.15, 0.2) is 30.3 Å². The Morgan fingerprint density at radius 3 is 2.43 bits per heavy atom. The molecule has 0 aromatic heterocycles. The van der Waals surface area contributed by atoms with Gasteiger partial charge in [0, 0.05) is 23.7 Å². The molecule has 1 aliphatic heterocycles. The smallest absolute Gasteiger partial charge is 0.201 e. The van der Waals surface area contributed by atoms with E-state index < -0.39 is 17.5 Å². The molecule has 0 saturated carbocycles. The fraction of sp³-hybridized carbons (Fsp3) is 0.455. The number of hydrogen-bond acceptors (Lipinski definition) is 3. The first-order chi connectivity index (χ1) is 13.5. The third kappa shape index (κ3) is 4.50. The van der Waals surface area contributed by atoms with E-state index in [1.165, 1.54) is 24.3 Å². The number of benzene rings is 2. The zero-order valence-corrected chi connectivity index (χ0v) is 16.1. The van der Waals surface area contributed by atoms with Crippen molar-refractivity contribution in [3.8, 4) is 16.9 Å². The standard InChI is InChI=1S/C22H25F3O3/c1-3-11-27-20-10-6-15(13-28-20)14-5-7-16(18(23)12-14)17-8-9-19(26-4-2)22(25)21(17)24/h5,7-9,12,15,20H,3-4,6,10-11,13H2,1-2H3. The van der Waals surface area contributed by atoms with Crippen molar-refractivity contribution in [2.24, 2.45) is 0 Å². The first-order valence-corrected chi connectivity index (χ1v) is 9.68. The van der Waals surface area contributed by atoms with Crippen molar-refractivity contribution in [3.05, 3.63) is 53.3 Å². The molecule has 1 saturated heterocycles. The lowest BCUT2D eigenvalue weighted by molar-refractivity contribution is -0.167. The monoisotopic (exact) mass is 394 g/mol. The third-order valence-electron chi connectivity index (χ3n) is 4.84. The minimum atomic E-state index is -1.12. The number of ether oxygens (including phenoxy) is 3. The summed E-state index contributed by atoms with van der Waals surface area (Å²) in [6.07, 6.45) is 2.28. The van der Waals surface area contributed by atoms with Crippen LogP contribution in [0.3, 0.4) is 0 Å². The fourth-order valence-corrected chi connectivity index (χ4v) is 3.38. The normalized spacial score (nSPS) is 19.6. The maximum absolute atomic E-state index is 14.7. The van der Waals surface area contributed by atoms with Crippen LogP contribution in [-0.4, -0.2) is 26.1 Å². The fourth-order valence-electron chi connectivity index (χ4n) is 3.38. The molecule has 3 rings (SSSR count). The van der Waals surface area contributed by atoms with E-state index >= 15 is 0 Å². The van der Waals surface area contributed by atoms with E-state index in [9.17, 15) is 13.2 Å². The lowest BCUT2D eigenvalue weighted by Crippen LogP contribution is -2.27. The van der Waals surface area contributed by atoms with E-state index in [2.05, 4.69) is 0 Å². The number of rotatable bonds is 7. The molecule has 2 aromatic carbocycles. The van der Waals surface area contributed by atoms with Crippen LogP contribution in [-0.2, 0) is 9.47 Å². The zero-order chi connectivity index (χ0) is 20.1. The second-order valence-corrected chi connectivity index (χ2v) is 6.82. The predicted molar refractivity (Wildman–Crippen MR) is 101 cm³/mol. The van der Waals surface area contributed by atoms with Gasteiger partial charge in [-0.25, -0.2) is 8.78 Å². The Hall–Kier alpha value is -2.05. The van der Waals surface area contributed by atoms with Crippen molar-refractivity contribution in [2.45, 2.75) is 45.3 Å². The van der Waals surface area contributed by atoms with Crippen LogP contribution in [0, 0.1) is 17.5 Å². The molecule has 0 spiro atoms. The highest BCUT2D eigenvalue weighted by Crippen LogP contribution is 2.34. The summed E-state index contributed by atoms with van der Waals surface area (Å²) in [7, 11) is 0. The summed E-state index contributed by atoms with van der Waals surface area (Å²) in [4.78, 5) is 0. The minimum Gasteiger partial charge on any atom is -0.491 e. The van der Waals surface area contributed by atoms with E-state index in [4.69, 9.17) is 14.2 Å². The average Bonchev–Trinajstić information content (AvgIpc) is 2.71. The van der Waals surface area contributed by atoms with Gasteiger partial charge >= 0.3 is 0 Å². The van der Waals surface area contributed by atoms with Crippen molar-refractivity contribution in [2.75, 3.05) is 19.8 Å². The summed E-state index contributed by atoms with van der Waals surface area (Å²) in [5.41, 5.74) is 0.670. The van der Waals surface area contributed by atoms with E-state index in [-0.39, 0.29) is 35.7 Å². The highest BCUT2D eigenvalue weighted by molar-refractivity contribution is 5.66. The summed E-state index contributed by atoms with van der Waals surface area (Å²) < 4.78 is 59.5. The number of halogens is 3. The van der Waals surface area contributed by atoms with Crippen molar-refractivity contribution >= 4 is 0 Å². The largest absolute Gasteiger partial charge is 0.491 e. The molecule has 2 aromatic rings. The molecule has 0 radical (unpaired) electrons. The van der Waals surface area contributed by atoms with Crippen LogP contribution in [0.2, 0.25) is 0 Å². The number of hydrogen-bond donors (Lipinski definition) is 0. The second kappa shape index (κ2) is 9.43. The molecule has 3 nitrogen and oxygen atoms in total. The van der Waals surface area contributed by atoms with Crippen molar-refractivity contribution in [1.29, 1.82) is 0 Å². The maximum Gasteiger partial charge on any atom is 0.201 e. The van der Waals surface area contributed by atoms with E-state index in [1.807, 2.05) is 6.92 Å². The van der Waals surface area contributed by atoms with Crippen LogP contribution < -0.4 is 4.74 Å². The van der Waals surface area contributed by atoms with E-state index in [1.54, 1.807) is 13.0 Å². The van der Waals surface area contributed by atoms with E-state index in [0.717, 1.165) is 24.8 Å². The van der Waals surface area contributed by atoms with Gasteiger partial charge in [-0.3, -0.25) is 0 Å². The molecular weight excluding hydrogens is 369 g/mol. The summed E-state index contributed by atoms with van der Waals surface area (Å²) in [5.74, 6) is -2.95. The molecule has 0 aliphatic carbocycles. The van der Waals surface area contributed by atoms with Gasteiger partial charge in [-0.2, -0.15) is 4.39 Å². The Kier molecular flexibility index (Phi) is 6.97. The first kappa shape index (κ1) is 20.7. The molecule has 2 atom stereocenters. The average molecular weight is 394 g/mol. The van der Waals surface area contributed by atoms with Crippen LogP contribution in [0.1, 0.15) is 44.6 Å². The topological polar surface area (TPSA) is 27.7 Å². The van der Waals surface area contributed by atoms with Gasteiger partial charge in [0.2, 0.25) is 5.82 Å². The van der Waals surface area contributed by atoms with Crippen molar-refractivity contribution < 1.29 is 27.4 Å². The molecule has 0 amide bonds. The Balaban J connectivity index is 1.76. The summed E-state index contributed by atoms with van der Waals surface area (Å²) >= 11 is 0. The summed E-state index contributed by atoms with van der Waals surface area (Å²) in [6.45, 7) is 5.03. The summed E-state index contributed by atoms with van der Waals surface area (Å²) in [6, 6.07) is 7.26. The summed E-state index contributed by atoms with van der Waals surface area (Å²) in [5, 5.41) is 0. The van der Waals surface area contributed by atoms with Gasteiger partial charge in [0.25, 0.3) is 0 Å². The third-order valence-corrected chi connectivity index (χ3v) is 4.84. The maximum atomic E-state index is 14.7. The van der Waals surface area contributed by atoms with Gasteiger partial charge in [0.15, 0.2) is 17.9 Å². The first-order valence-electron chi connectivity index (χ1n) is 9.68. The minimum absolute atomic E-state index is 0.0177. The molecule has 0 bridgehead atoms. The second-order valence-electron chi connectivity index (χ2n) is 6.82. The molecule has 28 heavy (non-hydrogen) atoms. The SMILES string of the molecule is CCCOC1CCC(c2ccc(-c3ccc(OCC)c(F)c3F)c(F)c2)CO1. The van der Waals surface area contributed by atoms with Gasteiger partial charge in [0.1, 0.15) is 5.82 Å². The molecule has 152 valence electrons. The van der Waals surface area contributed by atoms with Gasteiger partial charge < -0.3 is 14.2 Å². The van der Waals surface area contributed by atoms with Gasteiger partial charge in [-0.1, -0.05) is 19.1 Å². The van der Waals surface area contributed by atoms with E-state index in [0.29, 0.717) is 13.2 Å². The molecule has 2 unspecified atom stereocenters. The Bertz CT molecular complexity index is 802. The molecular formula is C22H25F3O3. The van der Waals surface area contributed by atoms with Crippen LogP contribution in [0.5, 0.6) is 5.75 Å². The molecule has 6 heteroatoms. The van der Waals surface area contributed by atoms with Gasteiger partial charge in [-0.05, 0) is 49.9 Å². The molecule has 1 aliphatic rings. The molecule has 0 N–H and O–H groups in total. The van der Waals surface area contributed by atoms with Gasteiger partial charge in [-0.15, -0.1) is 0 Å². The predicted octanol–water partition coefficient (Wildman–Crippen LogP) is 5.82. The van der Waals surface area contributed by atoms with Crippen LogP contribution in [0.4, 0.5) is 13.2 Å². The molecule has 1 fully saturated rings. The van der Waals surface area contributed by atoms with Crippen molar-refractivity contribution in [1.82, 2.24) is 0 Å². The Morgan fingerprint density at radius 2 is 1.79 bits per heavy atom. The zero-order valence-electron chi connectivity index (χ0n) is 16.1. The van der Waals surface area contributed by atoms with Crippen LogP contribution in [0.25, 0.3) is 11.1 Å². The van der Waals surface area contributed by atoms with Gasteiger partial charge in [0.05, 0.1) is 13.2 Å². The quantitative estimate of drug-likeness (QED) is 0.593. The highest BCUT2D eigenvalue weighted by Gasteiger charge is 2.25. The highest BCUT2D eigenvalue weighted by atomic mass is 19.2.